The van der Waals surface area contributed by atoms with Crippen LogP contribution in [0.15, 0.2) is 18.2 Å². The lowest BCUT2D eigenvalue weighted by Crippen LogP contribution is -2.48. The molecule has 2 bridgehead atoms. The van der Waals surface area contributed by atoms with E-state index in [-0.39, 0.29) is 30.2 Å². The minimum atomic E-state index is -0.876. The first-order chi connectivity index (χ1) is 13.0. The fourth-order valence-electron chi connectivity index (χ4n) is 4.57. The highest BCUT2D eigenvalue weighted by Crippen LogP contribution is 2.33. The highest BCUT2D eigenvalue weighted by Gasteiger charge is 2.40. The first kappa shape index (κ1) is 18.4. The number of halogens is 2. The van der Waals surface area contributed by atoms with Crippen LogP contribution in [0.2, 0.25) is 0 Å². The largest absolute Gasteiger partial charge is 0.340 e. The summed E-state index contributed by atoms with van der Waals surface area (Å²) in [7, 11) is 0. The van der Waals surface area contributed by atoms with E-state index < -0.39 is 11.6 Å². The normalized spacial score (nSPS) is 25.3. The minimum Gasteiger partial charge on any atom is -0.340 e. The zero-order valence-corrected chi connectivity index (χ0v) is 15.5. The van der Waals surface area contributed by atoms with Gasteiger partial charge in [0.1, 0.15) is 0 Å². The third kappa shape index (κ3) is 3.85. The standard InChI is InChI=1S/C21H26F2N2O2/c22-18-8-5-14(10-19(18)23)6-9-20(26)25-12-15-4-7-17(25)13-24(11-15)21(27)16-2-1-3-16/h5,8,10,15-17H,1-4,6-7,9,11-13H2/t15-,17+/m0/s1. The Balaban J connectivity index is 1.37. The number of hydrogen-bond donors (Lipinski definition) is 0. The first-order valence-corrected chi connectivity index (χ1v) is 10.0. The fraction of sp³-hybridized carbons (Fsp3) is 0.619. The first-order valence-electron chi connectivity index (χ1n) is 10.0. The fourth-order valence-corrected chi connectivity index (χ4v) is 4.57. The quantitative estimate of drug-likeness (QED) is 0.810. The number of piperidine rings is 1. The lowest BCUT2D eigenvalue weighted by Gasteiger charge is -2.36. The number of nitrogens with zero attached hydrogens (tertiary/aromatic N) is 2. The molecule has 3 aliphatic heterocycles. The van der Waals surface area contributed by atoms with E-state index in [0.29, 0.717) is 31.0 Å². The van der Waals surface area contributed by atoms with Crippen LogP contribution in [-0.2, 0) is 16.0 Å². The van der Waals surface area contributed by atoms with Crippen molar-refractivity contribution in [3.05, 3.63) is 35.4 Å². The van der Waals surface area contributed by atoms with Gasteiger partial charge in [-0.3, -0.25) is 9.59 Å². The van der Waals surface area contributed by atoms with Crippen LogP contribution in [0.4, 0.5) is 8.78 Å². The molecule has 0 radical (unpaired) electrons. The maximum atomic E-state index is 13.3. The number of amides is 2. The lowest BCUT2D eigenvalue weighted by atomic mass is 9.84. The van der Waals surface area contributed by atoms with Crippen LogP contribution in [0.5, 0.6) is 0 Å². The van der Waals surface area contributed by atoms with Crippen molar-refractivity contribution in [2.24, 2.45) is 11.8 Å². The van der Waals surface area contributed by atoms with Gasteiger partial charge in [0.15, 0.2) is 11.6 Å². The Labute approximate surface area is 158 Å². The van der Waals surface area contributed by atoms with E-state index in [4.69, 9.17) is 0 Å². The van der Waals surface area contributed by atoms with E-state index in [1.807, 2.05) is 9.80 Å². The molecule has 1 saturated carbocycles. The van der Waals surface area contributed by atoms with E-state index in [1.54, 1.807) is 0 Å². The van der Waals surface area contributed by atoms with Crippen LogP contribution in [0.1, 0.15) is 44.1 Å². The predicted molar refractivity (Wildman–Crippen MR) is 96.8 cm³/mol. The summed E-state index contributed by atoms with van der Waals surface area (Å²) >= 11 is 0. The van der Waals surface area contributed by atoms with Gasteiger partial charge in [0.05, 0.1) is 0 Å². The van der Waals surface area contributed by atoms with Gasteiger partial charge in [0, 0.05) is 38.0 Å². The second-order valence-corrected chi connectivity index (χ2v) is 8.26. The summed E-state index contributed by atoms with van der Waals surface area (Å²) in [4.78, 5) is 29.4. The molecule has 4 aliphatic rings. The second-order valence-electron chi connectivity index (χ2n) is 8.26. The molecular formula is C21H26F2N2O2. The van der Waals surface area contributed by atoms with Crippen molar-refractivity contribution in [3.63, 3.8) is 0 Å². The van der Waals surface area contributed by atoms with Gasteiger partial charge >= 0.3 is 0 Å². The molecule has 4 nitrogen and oxygen atoms in total. The van der Waals surface area contributed by atoms with E-state index >= 15 is 0 Å². The monoisotopic (exact) mass is 376 g/mol. The molecule has 2 atom stereocenters. The van der Waals surface area contributed by atoms with Gasteiger partial charge < -0.3 is 9.80 Å². The van der Waals surface area contributed by atoms with Gasteiger partial charge in [-0.15, -0.1) is 0 Å². The van der Waals surface area contributed by atoms with Gasteiger partial charge in [0.2, 0.25) is 11.8 Å². The molecule has 2 amide bonds. The summed E-state index contributed by atoms with van der Waals surface area (Å²) in [5.74, 6) is -0.883. The van der Waals surface area contributed by atoms with Crippen LogP contribution >= 0.6 is 0 Å². The molecule has 0 spiro atoms. The molecule has 146 valence electrons. The maximum absolute atomic E-state index is 13.3. The predicted octanol–water partition coefficient (Wildman–Crippen LogP) is 3.15. The molecule has 27 heavy (non-hydrogen) atoms. The topological polar surface area (TPSA) is 40.6 Å². The summed E-state index contributed by atoms with van der Waals surface area (Å²) in [6.07, 6.45) is 5.83. The van der Waals surface area contributed by atoms with Gasteiger partial charge in [-0.1, -0.05) is 12.5 Å². The maximum Gasteiger partial charge on any atom is 0.225 e. The third-order valence-electron chi connectivity index (χ3n) is 6.41. The molecular weight excluding hydrogens is 350 g/mol. The van der Waals surface area contributed by atoms with Crippen molar-refractivity contribution in [3.8, 4) is 0 Å². The summed E-state index contributed by atoms with van der Waals surface area (Å²) < 4.78 is 26.4. The second kappa shape index (κ2) is 7.56. The Hall–Kier alpha value is -1.98. The minimum absolute atomic E-state index is 0.0485. The smallest absolute Gasteiger partial charge is 0.225 e. The molecule has 1 aromatic rings. The zero-order chi connectivity index (χ0) is 19.0. The molecule has 4 fully saturated rings. The highest BCUT2D eigenvalue weighted by molar-refractivity contribution is 5.80. The van der Waals surface area contributed by atoms with Crippen LogP contribution in [0.25, 0.3) is 0 Å². The Morgan fingerprint density at radius 2 is 1.81 bits per heavy atom. The number of aryl methyl sites for hydroxylation is 1. The van der Waals surface area contributed by atoms with E-state index in [2.05, 4.69) is 0 Å². The van der Waals surface area contributed by atoms with Gasteiger partial charge in [-0.2, -0.15) is 0 Å². The van der Waals surface area contributed by atoms with Crippen LogP contribution in [0.3, 0.4) is 0 Å². The van der Waals surface area contributed by atoms with Crippen molar-refractivity contribution in [1.82, 2.24) is 9.80 Å². The molecule has 5 rings (SSSR count). The SMILES string of the molecule is O=C(C1CCC1)N1C[C@@H]2CC[C@H](C1)N(C(=O)CCc1ccc(F)c(F)c1)C2. The summed E-state index contributed by atoms with van der Waals surface area (Å²) in [6, 6.07) is 3.88. The van der Waals surface area contributed by atoms with Gasteiger partial charge in [-0.25, -0.2) is 8.78 Å². The number of carbonyl (C=O) groups excluding carboxylic acids is 2. The van der Waals surface area contributed by atoms with E-state index in [1.165, 1.54) is 6.07 Å². The van der Waals surface area contributed by atoms with Crippen molar-refractivity contribution < 1.29 is 18.4 Å². The van der Waals surface area contributed by atoms with E-state index in [0.717, 1.165) is 50.8 Å². The Morgan fingerprint density at radius 1 is 1.00 bits per heavy atom. The van der Waals surface area contributed by atoms with E-state index in [9.17, 15) is 18.4 Å². The molecule has 3 saturated heterocycles. The molecule has 1 aromatic carbocycles. The molecule has 0 N–H and O–H groups in total. The van der Waals surface area contributed by atoms with Crippen LogP contribution < -0.4 is 0 Å². The van der Waals surface area contributed by atoms with Crippen LogP contribution in [0, 0.1) is 23.5 Å². The van der Waals surface area contributed by atoms with Crippen molar-refractivity contribution in [1.29, 1.82) is 0 Å². The third-order valence-corrected chi connectivity index (χ3v) is 6.41. The van der Waals surface area contributed by atoms with Gasteiger partial charge in [-0.05, 0) is 55.7 Å². The number of rotatable bonds is 4. The number of fused-ring (bicyclic) bond motifs is 4. The Kier molecular flexibility index (Phi) is 5.15. The zero-order valence-electron chi connectivity index (χ0n) is 15.5. The number of carbonyl (C=O) groups is 2. The Bertz CT molecular complexity index is 735. The molecule has 3 heterocycles. The lowest BCUT2D eigenvalue weighted by molar-refractivity contribution is -0.140. The summed E-state index contributed by atoms with van der Waals surface area (Å²) in [5.41, 5.74) is 0.629. The van der Waals surface area contributed by atoms with Gasteiger partial charge in [0.25, 0.3) is 0 Å². The van der Waals surface area contributed by atoms with Crippen LogP contribution in [-0.4, -0.2) is 47.3 Å². The average Bonchev–Trinajstić information content (AvgIpc) is 2.93. The molecule has 1 aliphatic carbocycles. The number of hydrogen-bond acceptors (Lipinski definition) is 2. The highest BCUT2D eigenvalue weighted by atomic mass is 19.2. The summed E-state index contributed by atoms with van der Waals surface area (Å²) in [6.45, 7) is 2.11. The molecule has 6 heteroatoms. The van der Waals surface area contributed by atoms with Crippen molar-refractivity contribution in [2.45, 2.75) is 51.0 Å². The van der Waals surface area contributed by atoms with Crippen molar-refractivity contribution >= 4 is 11.8 Å². The van der Waals surface area contributed by atoms with Crippen molar-refractivity contribution in [2.75, 3.05) is 19.6 Å². The number of benzene rings is 1. The molecule has 0 aromatic heterocycles. The Morgan fingerprint density at radius 3 is 2.52 bits per heavy atom. The average molecular weight is 376 g/mol. The summed E-state index contributed by atoms with van der Waals surface area (Å²) in [5, 5.41) is 0. The molecule has 0 unspecified atom stereocenters.